The van der Waals surface area contributed by atoms with E-state index in [2.05, 4.69) is 21.0 Å². The predicted molar refractivity (Wildman–Crippen MR) is 64.3 cm³/mol. The Bertz CT molecular complexity index is 688. The lowest BCUT2D eigenvalue weighted by Gasteiger charge is -2.02. The number of rotatable bonds is 3. The second-order valence-corrected chi connectivity index (χ2v) is 5.85. The van der Waals surface area contributed by atoms with Crippen molar-refractivity contribution in [3.63, 3.8) is 0 Å². The van der Waals surface area contributed by atoms with Gasteiger partial charge in [-0.2, -0.15) is 5.10 Å². The highest BCUT2D eigenvalue weighted by Gasteiger charge is 2.21. The first-order valence-corrected chi connectivity index (χ1v) is 6.97. The maximum atomic E-state index is 11.8. The quantitative estimate of drug-likeness (QED) is 0.900. The Morgan fingerprint density at radius 1 is 1.50 bits per heavy atom. The van der Waals surface area contributed by atoms with E-state index in [-0.39, 0.29) is 10.7 Å². The highest BCUT2D eigenvalue weighted by atomic mass is 79.9. The number of hydrogen-bond acceptors (Lipinski definition) is 5. The summed E-state index contributed by atoms with van der Waals surface area (Å²) < 4.78 is 32.1. The summed E-state index contributed by atoms with van der Waals surface area (Å²) in [5, 5.41) is 3.72. The van der Waals surface area contributed by atoms with Crippen molar-refractivity contribution in [3.05, 3.63) is 35.0 Å². The van der Waals surface area contributed by atoms with Crippen LogP contribution in [0.1, 0.15) is 10.6 Å². The molecule has 9 heteroatoms. The largest absolute Gasteiger partial charge is 0.444 e. The first-order chi connectivity index (χ1) is 8.38. The van der Waals surface area contributed by atoms with E-state index >= 15 is 0 Å². The van der Waals surface area contributed by atoms with Crippen LogP contribution in [-0.4, -0.2) is 24.1 Å². The van der Waals surface area contributed by atoms with Gasteiger partial charge in [0.15, 0.2) is 10.4 Å². The highest BCUT2D eigenvalue weighted by Crippen LogP contribution is 2.15. The van der Waals surface area contributed by atoms with Crippen molar-refractivity contribution < 1.29 is 17.6 Å². The van der Waals surface area contributed by atoms with Gasteiger partial charge in [-0.15, -0.1) is 0 Å². The molecule has 1 amide bonds. The summed E-state index contributed by atoms with van der Waals surface area (Å²) in [5.74, 6) is -0.945. The molecule has 0 spiro atoms. The molecule has 0 radical (unpaired) electrons. The first kappa shape index (κ1) is 12.8. The van der Waals surface area contributed by atoms with Crippen molar-refractivity contribution in [2.24, 2.45) is 7.05 Å². The molecule has 2 aromatic rings. The molecule has 0 bridgehead atoms. The van der Waals surface area contributed by atoms with Crippen LogP contribution in [0.15, 0.2) is 38.5 Å². The molecule has 2 heterocycles. The van der Waals surface area contributed by atoms with Crippen molar-refractivity contribution in [2.75, 3.05) is 0 Å². The van der Waals surface area contributed by atoms with Crippen LogP contribution < -0.4 is 4.72 Å². The summed E-state index contributed by atoms with van der Waals surface area (Å²) in [5.41, 5.74) is 0. The van der Waals surface area contributed by atoms with Gasteiger partial charge < -0.3 is 4.42 Å². The Balaban J connectivity index is 2.21. The van der Waals surface area contributed by atoms with Gasteiger partial charge in [-0.3, -0.25) is 9.48 Å². The zero-order valence-electron chi connectivity index (χ0n) is 9.12. The van der Waals surface area contributed by atoms with Gasteiger partial charge in [0.1, 0.15) is 4.90 Å². The van der Waals surface area contributed by atoms with Crippen molar-refractivity contribution in [1.29, 1.82) is 0 Å². The molecule has 0 saturated carbocycles. The molecule has 0 unspecified atom stereocenters. The molecule has 0 aromatic carbocycles. The van der Waals surface area contributed by atoms with E-state index in [1.807, 2.05) is 4.72 Å². The first-order valence-electron chi connectivity index (χ1n) is 4.69. The van der Waals surface area contributed by atoms with Crippen LogP contribution >= 0.6 is 15.9 Å². The minimum atomic E-state index is -3.94. The Morgan fingerprint density at radius 2 is 2.22 bits per heavy atom. The molecule has 0 aliphatic carbocycles. The Labute approximate surface area is 111 Å². The van der Waals surface area contributed by atoms with E-state index in [1.54, 1.807) is 7.05 Å². The van der Waals surface area contributed by atoms with E-state index < -0.39 is 15.9 Å². The van der Waals surface area contributed by atoms with E-state index in [9.17, 15) is 13.2 Å². The summed E-state index contributed by atoms with van der Waals surface area (Å²) in [4.78, 5) is 11.5. The topological polar surface area (TPSA) is 94.2 Å². The Hall–Kier alpha value is -1.61. The maximum Gasteiger partial charge on any atom is 0.300 e. The van der Waals surface area contributed by atoms with E-state index in [1.165, 1.54) is 23.0 Å². The average Bonchev–Trinajstić information content (AvgIpc) is 2.86. The molecule has 18 heavy (non-hydrogen) atoms. The normalized spacial score (nSPS) is 11.4. The van der Waals surface area contributed by atoms with Crippen LogP contribution in [0.25, 0.3) is 0 Å². The zero-order valence-corrected chi connectivity index (χ0v) is 11.5. The number of nitrogens with one attached hydrogen (secondary N) is 1. The van der Waals surface area contributed by atoms with Crippen LogP contribution in [0, 0.1) is 0 Å². The summed E-state index contributed by atoms with van der Waals surface area (Å²) in [6, 6.07) is 2.85. The molecule has 7 nitrogen and oxygen atoms in total. The van der Waals surface area contributed by atoms with Gasteiger partial charge in [-0.25, -0.2) is 13.1 Å². The lowest BCUT2D eigenvalue weighted by Crippen LogP contribution is -2.30. The standard InChI is InChI=1S/C9H8BrN3O4S/c1-13-5-6(4-11-13)18(15,16)12-9(14)7-2-3-8(10)17-7/h2-5H,1H3,(H,12,14). The van der Waals surface area contributed by atoms with E-state index in [0.717, 1.165) is 6.20 Å². The second-order valence-electron chi connectivity index (χ2n) is 3.39. The third kappa shape index (κ3) is 2.62. The van der Waals surface area contributed by atoms with Gasteiger partial charge in [0, 0.05) is 13.2 Å². The highest BCUT2D eigenvalue weighted by molar-refractivity contribution is 9.10. The molecule has 96 valence electrons. The molecule has 1 N–H and O–H groups in total. The number of nitrogens with zero attached hydrogens (tertiary/aromatic N) is 2. The van der Waals surface area contributed by atoms with Crippen LogP contribution in [0.2, 0.25) is 0 Å². The van der Waals surface area contributed by atoms with Crippen LogP contribution in [0.3, 0.4) is 0 Å². The van der Waals surface area contributed by atoms with E-state index in [4.69, 9.17) is 4.42 Å². The van der Waals surface area contributed by atoms with Crippen LogP contribution in [0.5, 0.6) is 0 Å². The second kappa shape index (κ2) is 4.58. The molecule has 0 saturated heterocycles. The maximum absolute atomic E-state index is 11.8. The smallest absolute Gasteiger partial charge is 0.300 e. The Kier molecular flexibility index (Phi) is 3.26. The van der Waals surface area contributed by atoms with Crippen LogP contribution in [-0.2, 0) is 17.1 Å². The summed E-state index contributed by atoms with van der Waals surface area (Å²) in [6.07, 6.45) is 2.43. The summed E-state index contributed by atoms with van der Waals surface area (Å²) >= 11 is 3.02. The zero-order chi connectivity index (χ0) is 13.3. The SMILES string of the molecule is Cn1cc(S(=O)(=O)NC(=O)c2ccc(Br)o2)cn1. The fraction of sp³-hybridized carbons (Fsp3) is 0.111. The van der Waals surface area contributed by atoms with Gasteiger partial charge in [-0.1, -0.05) is 0 Å². The third-order valence-corrected chi connectivity index (χ3v) is 3.73. The lowest BCUT2D eigenvalue weighted by atomic mass is 10.4. The number of amides is 1. The molecule has 2 aromatic heterocycles. The van der Waals surface area contributed by atoms with Gasteiger partial charge >= 0.3 is 5.91 Å². The van der Waals surface area contributed by atoms with Crippen molar-refractivity contribution in [3.8, 4) is 0 Å². The van der Waals surface area contributed by atoms with Gasteiger partial charge in [0.25, 0.3) is 10.0 Å². The monoisotopic (exact) mass is 333 g/mol. The number of sulfonamides is 1. The number of furan rings is 1. The van der Waals surface area contributed by atoms with Gasteiger partial charge in [0.2, 0.25) is 0 Å². The number of hydrogen-bond donors (Lipinski definition) is 1. The fourth-order valence-electron chi connectivity index (χ4n) is 1.21. The average molecular weight is 334 g/mol. The summed E-state index contributed by atoms with van der Waals surface area (Å²) in [6.45, 7) is 0. The minimum Gasteiger partial charge on any atom is -0.444 e. The van der Waals surface area contributed by atoms with Crippen molar-refractivity contribution in [2.45, 2.75) is 4.90 Å². The van der Waals surface area contributed by atoms with E-state index in [0.29, 0.717) is 4.67 Å². The molecule has 0 aliphatic rings. The van der Waals surface area contributed by atoms with Gasteiger partial charge in [-0.05, 0) is 28.1 Å². The number of aryl methyl sites for hydroxylation is 1. The van der Waals surface area contributed by atoms with Crippen molar-refractivity contribution >= 4 is 31.9 Å². The van der Waals surface area contributed by atoms with Crippen LogP contribution in [0.4, 0.5) is 0 Å². The predicted octanol–water partition coefficient (Wildman–Crippen LogP) is 0.894. The lowest BCUT2D eigenvalue weighted by molar-refractivity contribution is 0.0953. The molecular weight excluding hydrogens is 326 g/mol. The molecular formula is C9H8BrN3O4S. The number of aromatic nitrogens is 2. The third-order valence-electron chi connectivity index (χ3n) is 2.02. The van der Waals surface area contributed by atoms with Crippen molar-refractivity contribution in [1.82, 2.24) is 14.5 Å². The summed E-state index contributed by atoms with van der Waals surface area (Å²) in [7, 11) is -2.36. The minimum absolute atomic E-state index is 0.0935. The Morgan fingerprint density at radius 3 is 2.72 bits per heavy atom. The number of carbonyl (C=O) groups excluding carboxylic acids is 1. The van der Waals surface area contributed by atoms with Gasteiger partial charge in [0.05, 0.1) is 6.20 Å². The molecule has 0 aliphatic heterocycles. The molecule has 0 fully saturated rings. The molecule has 2 rings (SSSR count). The molecule has 0 atom stereocenters. The fourth-order valence-corrected chi connectivity index (χ4v) is 2.45. The number of carbonyl (C=O) groups is 1. The number of halogens is 1.